The van der Waals surface area contributed by atoms with Crippen molar-refractivity contribution < 1.29 is 17.9 Å². The van der Waals surface area contributed by atoms with Crippen LogP contribution in [0.4, 0.5) is 13.2 Å². The molecule has 0 aliphatic carbocycles. The van der Waals surface area contributed by atoms with Crippen molar-refractivity contribution in [3.8, 4) is 61.6 Å². The Bertz CT molecular complexity index is 1940. The predicted octanol–water partition coefficient (Wildman–Crippen LogP) is 11.4. The summed E-state index contributed by atoms with van der Waals surface area (Å²) in [6.07, 6.45) is -4.45. The molecule has 0 amide bonds. The summed E-state index contributed by atoms with van der Waals surface area (Å²) in [5, 5.41) is 0. The SMILES string of the molecule is COc1ccc(-c2c(-c3ccc(C)cc3)c(-c3ccc(C)cc3)nc(-c3ccc(C)cc3)c2-c2ccc(C(F)(F)F)cc2)cc1. The molecule has 5 aromatic carbocycles. The second kappa shape index (κ2) is 12.1. The Morgan fingerprint density at radius 2 is 0.778 bits per heavy atom. The van der Waals surface area contributed by atoms with E-state index in [2.05, 4.69) is 48.5 Å². The molecule has 6 aromatic rings. The zero-order valence-corrected chi connectivity index (χ0v) is 25.5. The highest BCUT2D eigenvalue weighted by atomic mass is 19.4. The van der Waals surface area contributed by atoms with Crippen LogP contribution in [0.3, 0.4) is 0 Å². The molecular formula is C40H32F3NO. The maximum atomic E-state index is 13.7. The van der Waals surface area contributed by atoms with Gasteiger partial charge < -0.3 is 4.74 Å². The largest absolute Gasteiger partial charge is 0.497 e. The summed E-state index contributed by atoms with van der Waals surface area (Å²) >= 11 is 0. The van der Waals surface area contributed by atoms with Crippen LogP contribution in [0.15, 0.2) is 121 Å². The molecule has 0 N–H and O–H groups in total. The lowest BCUT2D eigenvalue weighted by Crippen LogP contribution is -2.05. The van der Waals surface area contributed by atoms with Crippen molar-refractivity contribution >= 4 is 0 Å². The van der Waals surface area contributed by atoms with Gasteiger partial charge in [-0.25, -0.2) is 4.98 Å². The topological polar surface area (TPSA) is 22.1 Å². The smallest absolute Gasteiger partial charge is 0.416 e. The number of ether oxygens (including phenoxy) is 1. The van der Waals surface area contributed by atoms with Crippen LogP contribution < -0.4 is 4.74 Å². The van der Waals surface area contributed by atoms with E-state index in [1.165, 1.54) is 0 Å². The number of aromatic nitrogens is 1. The fraction of sp³-hybridized carbons (Fsp3) is 0.125. The lowest BCUT2D eigenvalue weighted by atomic mass is 9.83. The molecule has 45 heavy (non-hydrogen) atoms. The first kappa shape index (κ1) is 29.9. The molecule has 224 valence electrons. The maximum Gasteiger partial charge on any atom is 0.416 e. The lowest BCUT2D eigenvalue weighted by molar-refractivity contribution is -0.137. The Morgan fingerprint density at radius 3 is 1.16 bits per heavy atom. The van der Waals surface area contributed by atoms with E-state index in [4.69, 9.17) is 9.72 Å². The van der Waals surface area contributed by atoms with Crippen LogP contribution in [-0.2, 0) is 6.18 Å². The van der Waals surface area contributed by atoms with E-state index in [1.54, 1.807) is 19.2 Å². The van der Waals surface area contributed by atoms with Crippen molar-refractivity contribution in [1.29, 1.82) is 0 Å². The van der Waals surface area contributed by atoms with E-state index in [9.17, 15) is 13.2 Å². The molecular weight excluding hydrogens is 567 g/mol. The van der Waals surface area contributed by atoms with Gasteiger partial charge in [-0.1, -0.05) is 114 Å². The number of nitrogens with zero attached hydrogens (tertiary/aromatic N) is 1. The van der Waals surface area contributed by atoms with Crippen molar-refractivity contribution in [2.24, 2.45) is 0 Å². The highest BCUT2D eigenvalue weighted by molar-refractivity contribution is 6.05. The molecule has 0 saturated heterocycles. The van der Waals surface area contributed by atoms with Gasteiger partial charge in [0.25, 0.3) is 0 Å². The van der Waals surface area contributed by atoms with Crippen molar-refractivity contribution in [2.45, 2.75) is 26.9 Å². The number of methoxy groups -OCH3 is 1. The Morgan fingerprint density at radius 1 is 0.444 bits per heavy atom. The number of aryl methyl sites for hydroxylation is 3. The minimum atomic E-state index is -4.45. The summed E-state index contributed by atoms with van der Waals surface area (Å²) in [4.78, 5) is 5.39. The van der Waals surface area contributed by atoms with Gasteiger partial charge in [0, 0.05) is 27.8 Å². The van der Waals surface area contributed by atoms with E-state index in [-0.39, 0.29) is 0 Å². The molecule has 0 unspecified atom stereocenters. The fourth-order valence-electron chi connectivity index (χ4n) is 5.58. The summed E-state index contributed by atoms with van der Waals surface area (Å²) in [7, 11) is 1.62. The highest BCUT2D eigenvalue weighted by Crippen LogP contribution is 2.49. The van der Waals surface area contributed by atoms with Crippen molar-refractivity contribution in [3.63, 3.8) is 0 Å². The molecule has 5 heteroatoms. The molecule has 0 aliphatic rings. The molecule has 0 aliphatic heterocycles. The fourth-order valence-corrected chi connectivity index (χ4v) is 5.58. The molecule has 0 spiro atoms. The number of hydrogen-bond acceptors (Lipinski definition) is 2. The van der Waals surface area contributed by atoms with Gasteiger partial charge >= 0.3 is 6.18 Å². The van der Waals surface area contributed by atoms with Gasteiger partial charge in [0.2, 0.25) is 0 Å². The Balaban J connectivity index is 1.80. The van der Waals surface area contributed by atoms with Gasteiger partial charge in [0.05, 0.1) is 24.1 Å². The first-order valence-corrected chi connectivity index (χ1v) is 14.7. The van der Waals surface area contributed by atoms with Gasteiger partial charge in [0.1, 0.15) is 5.75 Å². The first-order chi connectivity index (χ1) is 21.6. The van der Waals surface area contributed by atoms with E-state index in [0.29, 0.717) is 17.0 Å². The first-order valence-electron chi connectivity index (χ1n) is 14.7. The highest BCUT2D eigenvalue weighted by Gasteiger charge is 2.31. The summed E-state index contributed by atoms with van der Waals surface area (Å²) in [6, 6.07) is 37.9. The van der Waals surface area contributed by atoms with E-state index >= 15 is 0 Å². The number of alkyl halides is 3. The summed E-state index contributed by atoms with van der Waals surface area (Å²) in [6.45, 7) is 6.11. The predicted molar refractivity (Wildman–Crippen MR) is 177 cm³/mol. The summed E-state index contributed by atoms with van der Waals surface area (Å²) < 4.78 is 46.5. The average molecular weight is 600 g/mol. The Hall–Kier alpha value is -5.16. The molecule has 6 rings (SSSR count). The number of halogens is 3. The second-order valence-corrected chi connectivity index (χ2v) is 11.3. The van der Waals surface area contributed by atoms with E-state index < -0.39 is 11.7 Å². The van der Waals surface area contributed by atoms with Gasteiger partial charge in [-0.05, 0) is 61.7 Å². The number of hydrogen-bond donors (Lipinski definition) is 0. The molecule has 0 bridgehead atoms. The van der Waals surface area contributed by atoms with Crippen molar-refractivity contribution in [2.75, 3.05) is 7.11 Å². The standard InChI is InChI=1S/C40H32F3NO/c1-25-5-11-29(12-6-25)36-35(28-19-23-34(45-4)24-20-28)37(30-17-21-33(22-18-30)40(41,42)43)39(32-15-9-27(3)10-16-32)44-38(36)31-13-7-26(2)8-14-31/h5-24H,1-4H3. The van der Waals surface area contributed by atoms with Crippen LogP contribution in [-0.4, -0.2) is 12.1 Å². The van der Waals surface area contributed by atoms with Crippen LogP contribution in [0, 0.1) is 20.8 Å². The Labute approximate surface area is 261 Å². The number of rotatable bonds is 6. The maximum absolute atomic E-state index is 13.7. The summed E-state index contributed by atoms with van der Waals surface area (Å²) in [5.41, 5.74) is 11.0. The van der Waals surface area contributed by atoms with E-state index in [1.807, 2.05) is 69.3 Å². The van der Waals surface area contributed by atoms with Crippen LogP contribution >= 0.6 is 0 Å². The van der Waals surface area contributed by atoms with Crippen LogP contribution in [0.1, 0.15) is 22.3 Å². The second-order valence-electron chi connectivity index (χ2n) is 11.3. The molecule has 1 aromatic heterocycles. The molecule has 0 atom stereocenters. The molecule has 0 radical (unpaired) electrons. The monoisotopic (exact) mass is 599 g/mol. The third-order valence-electron chi connectivity index (χ3n) is 8.07. The van der Waals surface area contributed by atoms with Crippen LogP contribution in [0.25, 0.3) is 55.9 Å². The quantitative estimate of drug-likeness (QED) is 0.190. The van der Waals surface area contributed by atoms with Crippen LogP contribution in [0.5, 0.6) is 5.75 Å². The van der Waals surface area contributed by atoms with E-state index in [0.717, 1.165) is 73.5 Å². The van der Waals surface area contributed by atoms with Gasteiger partial charge in [-0.15, -0.1) is 0 Å². The lowest BCUT2D eigenvalue weighted by Gasteiger charge is -2.24. The molecule has 2 nitrogen and oxygen atoms in total. The minimum absolute atomic E-state index is 0.640. The summed E-state index contributed by atoms with van der Waals surface area (Å²) in [5.74, 6) is 0.707. The van der Waals surface area contributed by atoms with Crippen molar-refractivity contribution in [3.05, 3.63) is 144 Å². The normalized spacial score (nSPS) is 11.4. The van der Waals surface area contributed by atoms with Crippen LogP contribution in [0.2, 0.25) is 0 Å². The molecule has 1 heterocycles. The third kappa shape index (κ3) is 6.12. The zero-order valence-electron chi connectivity index (χ0n) is 25.5. The minimum Gasteiger partial charge on any atom is -0.497 e. The van der Waals surface area contributed by atoms with Gasteiger partial charge in [0.15, 0.2) is 0 Å². The molecule has 0 fully saturated rings. The third-order valence-corrected chi connectivity index (χ3v) is 8.07. The zero-order chi connectivity index (χ0) is 31.7. The average Bonchev–Trinajstić information content (AvgIpc) is 3.05. The molecule has 0 saturated carbocycles. The number of benzene rings is 5. The van der Waals surface area contributed by atoms with Crippen molar-refractivity contribution in [1.82, 2.24) is 4.98 Å². The van der Waals surface area contributed by atoms with Gasteiger partial charge in [-0.2, -0.15) is 13.2 Å². The number of pyridine rings is 1. The Kier molecular flexibility index (Phi) is 8.03. The van der Waals surface area contributed by atoms with Gasteiger partial charge in [-0.3, -0.25) is 0 Å².